The van der Waals surface area contributed by atoms with Crippen LogP contribution >= 0.6 is 0 Å². The van der Waals surface area contributed by atoms with E-state index in [1.54, 1.807) is 40.6 Å². The summed E-state index contributed by atoms with van der Waals surface area (Å²) in [4.78, 5) is 16.0. The van der Waals surface area contributed by atoms with Crippen molar-refractivity contribution in [3.63, 3.8) is 0 Å². The minimum absolute atomic E-state index is 0.190. The first-order valence-corrected chi connectivity index (χ1v) is 12.0. The summed E-state index contributed by atoms with van der Waals surface area (Å²) >= 11 is 0. The van der Waals surface area contributed by atoms with E-state index in [9.17, 15) is 4.79 Å². The van der Waals surface area contributed by atoms with Crippen LogP contribution in [0.3, 0.4) is 0 Å². The number of hydrogen-bond donors (Lipinski definition) is 0. The number of carbonyl (C=O) groups is 1. The van der Waals surface area contributed by atoms with Crippen LogP contribution in [0.25, 0.3) is 0 Å². The van der Waals surface area contributed by atoms with E-state index < -0.39 is 6.04 Å². The molecule has 0 aromatic heterocycles. The van der Waals surface area contributed by atoms with Crippen LogP contribution in [0.2, 0.25) is 0 Å². The molecule has 1 atom stereocenters. The predicted octanol–water partition coefficient (Wildman–Crippen LogP) is 4.53. The minimum atomic E-state index is -0.440. The van der Waals surface area contributed by atoms with Crippen LogP contribution in [0.15, 0.2) is 42.5 Å². The smallest absolute Gasteiger partial charge is 0.254 e. The largest absolute Gasteiger partial charge is 0.493 e. The van der Waals surface area contributed by atoms with Gasteiger partial charge in [-0.15, -0.1) is 0 Å². The molecule has 1 aliphatic heterocycles. The summed E-state index contributed by atoms with van der Waals surface area (Å²) in [7, 11) is 11.0. The first-order chi connectivity index (χ1) is 18.4. The van der Waals surface area contributed by atoms with E-state index in [1.165, 1.54) is 21.3 Å². The number of methoxy groups -OCH3 is 7. The van der Waals surface area contributed by atoms with E-state index in [0.717, 1.165) is 16.7 Å². The van der Waals surface area contributed by atoms with Crippen molar-refractivity contribution < 1.29 is 38.0 Å². The zero-order valence-electron chi connectivity index (χ0n) is 22.7. The Hall–Kier alpha value is -4.27. The first-order valence-electron chi connectivity index (χ1n) is 12.0. The summed E-state index contributed by atoms with van der Waals surface area (Å²) in [6.07, 6.45) is 0.635. The molecule has 0 bridgehead atoms. The molecule has 3 aromatic carbocycles. The molecule has 9 heteroatoms. The molecule has 0 fully saturated rings. The van der Waals surface area contributed by atoms with E-state index in [4.69, 9.17) is 33.2 Å². The molecule has 0 saturated carbocycles. The van der Waals surface area contributed by atoms with E-state index in [-0.39, 0.29) is 5.91 Å². The molecule has 9 nitrogen and oxygen atoms in total. The second-order valence-corrected chi connectivity index (χ2v) is 8.59. The standard InChI is InChI=1S/C29H33NO8/c1-32-21-9-8-18(13-22(21)33-2)27-20-16-24(35-4)23(34-3)12-17(20)10-11-30(27)29(31)19-14-25(36-5)28(38-7)26(15-19)37-6/h8-9,12-16,27H,10-11H2,1-7H3/t27-/m0/s1. The van der Waals surface area contributed by atoms with Gasteiger partial charge in [-0.1, -0.05) is 6.07 Å². The average Bonchev–Trinajstić information content (AvgIpc) is 2.97. The molecular formula is C29H33NO8. The van der Waals surface area contributed by atoms with Gasteiger partial charge in [0, 0.05) is 12.1 Å². The van der Waals surface area contributed by atoms with Crippen molar-refractivity contribution >= 4 is 5.91 Å². The Morgan fingerprint density at radius 3 is 1.76 bits per heavy atom. The maximum Gasteiger partial charge on any atom is 0.254 e. The van der Waals surface area contributed by atoms with Gasteiger partial charge in [0.25, 0.3) is 5.91 Å². The monoisotopic (exact) mass is 523 g/mol. The fraction of sp³-hybridized carbons (Fsp3) is 0.345. The molecule has 202 valence electrons. The van der Waals surface area contributed by atoms with Gasteiger partial charge < -0.3 is 38.1 Å². The lowest BCUT2D eigenvalue weighted by atomic mass is 9.87. The maximum atomic E-state index is 14.1. The molecule has 38 heavy (non-hydrogen) atoms. The van der Waals surface area contributed by atoms with Gasteiger partial charge >= 0.3 is 0 Å². The third-order valence-corrected chi connectivity index (χ3v) is 6.77. The highest BCUT2D eigenvalue weighted by molar-refractivity contribution is 5.96. The maximum absolute atomic E-state index is 14.1. The van der Waals surface area contributed by atoms with Crippen molar-refractivity contribution in [3.8, 4) is 40.2 Å². The molecule has 0 saturated heterocycles. The van der Waals surface area contributed by atoms with Crippen molar-refractivity contribution in [2.24, 2.45) is 0 Å². The molecule has 4 rings (SSSR count). The molecule has 0 N–H and O–H groups in total. The third kappa shape index (κ3) is 4.71. The molecule has 1 amide bonds. The van der Waals surface area contributed by atoms with Gasteiger partial charge in [-0.05, 0) is 59.5 Å². The number of nitrogens with zero attached hydrogens (tertiary/aromatic N) is 1. The Balaban J connectivity index is 1.90. The van der Waals surface area contributed by atoms with Crippen molar-refractivity contribution in [1.29, 1.82) is 0 Å². The number of fused-ring (bicyclic) bond motifs is 1. The summed E-state index contributed by atoms with van der Waals surface area (Å²) in [5.74, 6) is 3.43. The SMILES string of the molecule is COc1ccc([C@H]2c3cc(OC)c(OC)cc3CCN2C(=O)c2cc(OC)c(OC)c(OC)c2)cc1OC. The van der Waals surface area contributed by atoms with Crippen molar-refractivity contribution in [3.05, 3.63) is 64.7 Å². The molecule has 0 unspecified atom stereocenters. The van der Waals surface area contributed by atoms with E-state index in [0.29, 0.717) is 58.8 Å². The van der Waals surface area contributed by atoms with Crippen LogP contribution in [0.4, 0.5) is 0 Å². The highest BCUT2D eigenvalue weighted by Gasteiger charge is 2.35. The molecular weight excluding hydrogens is 490 g/mol. The highest BCUT2D eigenvalue weighted by atomic mass is 16.5. The fourth-order valence-electron chi connectivity index (χ4n) is 4.92. The van der Waals surface area contributed by atoms with Crippen LogP contribution in [0.1, 0.15) is 33.1 Å². The van der Waals surface area contributed by atoms with Gasteiger partial charge in [0.05, 0.1) is 55.8 Å². The first kappa shape index (κ1) is 26.8. The summed E-state index contributed by atoms with van der Waals surface area (Å²) in [5, 5.41) is 0. The van der Waals surface area contributed by atoms with Crippen LogP contribution in [-0.2, 0) is 6.42 Å². The molecule has 0 spiro atoms. The number of ether oxygens (including phenoxy) is 7. The normalized spacial score (nSPS) is 14.3. The Morgan fingerprint density at radius 2 is 1.21 bits per heavy atom. The van der Waals surface area contributed by atoms with E-state index in [1.807, 2.05) is 35.2 Å². The highest BCUT2D eigenvalue weighted by Crippen LogP contribution is 2.44. The summed E-state index contributed by atoms with van der Waals surface area (Å²) in [6, 6.07) is 12.5. The second-order valence-electron chi connectivity index (χ2n) is 8.59. The second kappa shape index (κ2) is 11.4. The summed E-state index contributed by atoms with van der Waals surface area (Å²) in [5.41, 5.74) is 3.27. The Bertz CT molecular complexity index is 1300. The molecule has 3 aromatic rings. The number of rotatable bonds is 9. The zero-order valence-corrected chi connectivity index (χ0v) is 22.7. The van der Waals surface area contributed by atoms with Gasteiger partial charge in [-0.3, -0.25) is 4.79 Å². The lowest BCUT2D eigenvalue weighted by Gasteiger charge is -2.38. The van der Waals surface area contributed by atoms with Crippen LogP contribution in [0, 0.1) is 0 Å². The van der Waals surface area contributed by atoms with Crippen molar-refractivity contribution in [2.75, 3.05) is 56.3 Å². The quantitative estimate of drug-likeness (QED) is 0.404. The molecule has 0 radical (unpaired) electrons. The van der Waals surface area contributed by atoms with E-state index in [2.05, 4.69) is 0 Å². The number of carbonyl (C=O) groups excluding carboxylic acids is 1. The Kier molecular flexibility index (Phi) is 8.05. The third-order valence-electron chi connectivity index (χ3n) is 6.77. The number of amides is 1. The van der Waals surface area contributed by atoms with Crippen LogP contribution < -0.4 is 33.2 Å². The molecule has 1 heterocycles. The summed E-state index contributed by atoms with van der Waals surface area (Å²) < 4.78 is 38.6. The topological polar surface area (TPSA) is 84.9 Å². The predicted molar refractivity (Wildman–Crippen MR) is 142 cm³/mol. The zero-order chi connectivity index (χ0) is 27.4. The minimum Gasteiger partial charge on any atom is -0.493 e. The van der Waals surface area contributed by atoms with Gasteiger partial charge in [0.15, 0.2) is 34.5 Å². The van der Waals surface area contributed by atoms with Crippen molar-refractivity contribution in [2.45, 2.75) is 12.5 Å². The van der Waals surface area contributed by atoms with Gasteiger partial charge in [-0.2, -0.15) is 0 Å². The lowest BCUT2D eigenvalue weighted by Crippen LogP contribution is -2.40. The van der Waals surface area contributed by atoms with E-state index >= 15 is 0 Å². The van der Waals surface area contributed by atoms with Gasteiger partial charge in [-0.25, -0.2) is 0 Å². The van der Waals surface area contributed by atoms with Crippen molar-refractivity contribution in [1.82, 2.24) is 4.90 Å². The Morgan fingerprint density at radius 1 is 0.658 bits per heavy atom. The molecule has 1 aliphatic rings. The molecule has 0 aliphatic carbocycles. The lowest BCUT2D eigenvalue weighted by molar-refractivity contribution is 0.0693. The number of benzene rings is 3. The van der Waals surface area contributed by atoms with Crippen LogP contribution in [0.5, 0.6) is 40.2 Å². The van der Waals surface area contributed by atoms with Crippen LogP contribution in [-0.4, -0.2) is 67.1 Å². The summed E-state index contributed by atoms with van der Waals surface area (Å²) in [6.45, 7) is 0.469. The number of hydrogen-bond acceptors (Lipinski definition) is 8. The average molecular weight is 524 g/mol. The van der Waals surface area contributed by atoms with Gasteiger partial charge in [0.1, 0.15) is 0 Å². The Labute approximate surface area is 222 Å². The van der Waals surface area contributed by atoms with Gasteiger partial charge in [0.2, 0.25) is 5.75 Å². The fourth-order valence-corrected chi connectivity index (χ4v) is 4.92.